The van der Waals surface area contributed by atoms with Crippen molar-refractivity contribution in [1.82, 2.24) is 10.2 Å². The van der Waals surface area contributed by atoms with Crippen molar-refractivity contribution in [3.05, 3.63) is 69.2 Å². The van der Waals surface area contributed by atoms with Gasteiger partial charge in [0.2, 0.25) is 11.8 Å². The lowest BCUT2D eigenvalue weighted by Gasteiger charge is -2.29. The molecule has 0 spiro atoms. The molecular weight excluding hydrogens is 484 g/mol. The molecule has 30 heavy (non-hydrogen) atoms. The summed E-state index contributed by atoms with van der Waals surface area (Å²) in [5.41, 5.74) is 2.05. The highest BCUT2D eigenvalue weighted by Crippen LogP contribution is 2.19. The lowest BCUT2D eigenvalue weighted by Crippen LogP contribution is -2.48. The van der Waals surface area contributed by atoms with Gasteiger partial charge in [0.15, 0.2) is 0 Å². The van der Waals surface area contributed by atoms with Gasteiger partial charge in [-0.05, 0) is 48.2 Å². The van der Waals surface area contributed by atoms with Crippen LogP contribution in [0.2, 0.25) is 5.02 Å². The Labute approximate surface area is 196 Å². The molecule has 1 atom stereocenters. The van der Waals surface area contributed by atoms with Crippen molar-refractivity contribution in [2.24, 2.45) is 5.92 Å². The summed E-state index contributed by atoms with van der Waals surface area (Å²) in [6.45, 7) is 6.85. The van der Waals surface area contributed by atoms with E-state index in [4.69, 9.17) is 11.6 Å². The Kier molecular flexibility index (Phi) is 10.2. The standard InChI is InChI=1S/C23H28BrClN2O2S/c1-16(2)12-26-23(29)17(3)27(13-18-7-9-20(24)10-8-18)22(28)15-30-14-19-5-4-6-21(25)11-19/h4-11,16-17H,12-15H2,1-3H3,(H,26,29)/t17-/m1/s1. The van der Waals surface area contributed by atoms with Crippen molar-refractivity contribution in [1.29, 1.82) is 0 Å². The van der Waals surface area contributed by atoms with Gasteiger partial charge in [-0.15, -0.1) is 11.8 Å². The number of carbonyl (C=O) groups excluding carboxylic acids is 2. The highest BCUT2D eigenvalue weighted by molar-refractivity contribution is 9.10. The van der Waals surface area contributed by atoms with Crippen LogP contribution in [-0.4, -0.2) is 35.1 Å². The molecule has 2 aromatic carbocycles. The topological polar surface area (TPSA) is 49.4 Å². The Morgan fingerprint density at radius 3 is 2.43 bits per heavy atom. The molecule has 0 aliphatic rings. The van der Waals surface area contributed by atoms with Crippen LogP contribution in [0.4, 0.5) is 0 Å². The molecule has 0 aliphatic carbocycles. The molecule has 0 saturated carbocycles. The second-order valence-corrected chi connectivity index (χ2v) is 9.92. The van der Waals surface area contributed by atoms with Gasteiger partial charge in [-0.3, -0.25) is 9.59 Å². The average molecular weight is 512 g/mol. The number of benzene rings is 2. The summed E-state index contributed by atoms with van der Waals surface area (Å²) in [5.74, 6) is 1.15. The smallest absolute Gasteiger partial charge is 0.242 e. The number of hydrogen-bond donors (Lipinski definition) is 1. The molecule has 0 saturated heterocycles. The Morgan fingerprint density at radius 2 is 1.80 bits per heavy atom. The van der Waals surface area contributed by atoms with Crippen molar-refractivity contribution in [3.63, 3.8) is 0 Å². The highest BCUT2D eigenvalue weighted by Gasteiger charge is 2.26. The lowest BCUT2D eigenvalue weighted by atomic mass is 10.1. The predicted octanol–water partition coefficient (Wildman–Crippen LogP) is 5.53. The molecular formula is C23H28BrClN2O2S. The van der Waals surface area contributed by atoms with Crippen LogP contribution in [0, 0.1) is 5.92 Å². The summed E-state index contributed by atoms with van der Waals surface area (Å²) >= 11 is 11.0. The van der Waals surface area contributed by atoms with Crippen molar-refractivity contribution < 1.29 is 9.59 Å². The Hall–Kier alpha value is -1.50. The van der Waals surface area contributed by atoms with Crippen LogP contribution < -0.4 is 5.32 Å². The van der Waals surface area contributed by atoms with Crippen LogP contribution in [0.15, 0.2) is 53.0 Å². The van der Waals surface area contributed by atoms with Gasteiger partial charge in [0.05, 0.1) is 5.75 Å². The van der Waals surface area contributed by atoms with Gasteiger partial charge < -0.3 is 10.2 Å². The zero-order valence-electron chi connectivity index (χ0n) is 17.5. The van der Waals surface area contributed by atoms with Crippen molar-refractivity contribution >= 4 is 51.1 Å². The first-order valence-electron chi connectivity index (χ1n) is 9.90. The molecule has 2 aromatic rings. The van der Waals surface area contributed by atoms with Gasteiger partial charge >= 0.3 is 0 Å². The minimum Gasteiger partial charge on any atom is -0.354 e. The zero-order chi connectivity index (χ0) is 22.1. The largest absolute Gasteiger partial charge is 0.354 e. The normalized spacial score (nSPS) is 11.9. The van der Waals surface area contributed by atoms with E-state index in [1.165, 1.54) is 11.8 Å². The number of amides is 2. The van der Waals surface area contributed by atoms with E-state index in [-0.39, 0.29) is 11.8 Å². The Morgan fingerprint density at radius 1 is 1.10 bits per heavy atom. The fourth-order valence-electron chi connectivity index (χ4n) is 2.79. The first-order valence-corrected chi connectivity index (χ1v) is 12.2. The van der Waals surface area contributed by atoms with Crippen LogP contribution in [0.1, 0.15) is 31.9 Å². The molecule has 0 fully saturated rings. The third-order valence-electron chi connectivity index (χ3n) is 4.50. The van der Waals surface area contributed by atoms with Gasteiger partial charge in [0, 0.05) is 28.3 Å². The Bertz CT molecular complexity index is 845. The van der Waals surface area contributed by atoms with E-state index in [2.05, 4.69) is 21.2 Å². The predicted molar refractivity (Wildman–Crippen MR) is 130 cm³/mol. The summed E-state index contributed by atoms with van der Waals surface area (Å²) in [5, 5.41) is 3.63. The fraction of sp³-hybridized carbons (Fsp3) is 0.391. The molecule has 2 rings (SSSR count). The van der Waals surface area contributed by atoms with Crippen LogP contribution in [0.5, 0.6) is 0 Å². The summed E-state index contributed by atoms with van der Waals surface area (Å²) in [4.78, 5) is 27.3. The molecule has 0 bridgehead atoms. The molecule has 0 heterocycles. The maximum atomic E-state index is 13.0. The van der Waals surface area contributed by atoms with Crippen molar-refractivity contribution in [2.45, 2.75) is 39.1 Å². The third kappa shape index (κ3) is 8.32. The maximum Gasteiger partial charge on any atom is 0.242 e. The Balaban J connectivity index is 2.05. The molecule has 0 unspecified atom stereocenters. The first-order chi connectivity index (χ1) is 14.3. The monoisotopic (exact) mass is 510 g/mol. The molecule has 1 N–H and O–H groups in total. The lowest BCUT2D eigenvalue weighted by molar-refractivity contribution is -0.138. The number of halogens is 2. The molecule has 0 aliphatic heterocycles. The van der Waals surface area contributed by atoms with Crippen molar-refractivity contribution in [3.8, 4) is 0 Å². The van der Waals surface area contributed by atoms with Crippen LogP contribution in [-0.2, 0) is 21.9 Å². The summed E-state index contributed by atoms with van der Waals surface area (Å²) in [6.07, 6.45) is 0. The van der Waals surface area contributed by atoms with E-state index in [1.807, 2.05) is 62.4 Å². The van der Waals surface area contributed by atoms with Gasteiger partial charge in [-0.2, -0.15) is 0 Å². The van der Waals surface area contributed by atoms with Crippen LogP contribution in [0.3, 0.4) is 0 Å². The second kappa shape index (κ2) is 12.4. The summed E-state index contributed by atoms with van der Waals surface area (Å²) < 4.78 is 0.976. The summed E-state index contributed by atoms with van der Waals surface area (Å²) in [6, 6.07) is 14.9. The van der Waals surface area contributed by atoms with E-state index >= 15 is 0 Å². The molecule has 7 heteroatoms. The van der Waals surface area contributed by atoms with Crippen LogP contribution in [0.25, 0.3) is 0 Å². The quantitative estimate of drug-likeness (QED) is 0.456. The minimum absolute atomic E-state index is 0.0582. The van der Waals surface area contributed by atoms with Crippen LogP contribution >= 0.6 is 39.3 Å². The summed E-state index contributed by atoms with van der Waals surface area (Å²) in [7, 11) is 0. The van der Waals surface area contributed by atoms with E-state index in [0.29, 0.717) is 35.5 Å². The number of rotatable bonds is 10. The second-order valence-electron chi connectivity index (χ2n) is 7.59. The number of hydrogen-bond acceptors (Lipinski definition) is 3. The third-order valence-corrected chi connectivity index (χ3v) is 6.25. The molecule has 2 amide bonds. The number of thioether (sulfide) groups is 1. The zero-order valence-corrected chi connectivity index (χ0v) is 20.7. The van der Waals surface area contributed by atoms with E-state index < -0.39 is 6.04 Å². The first kappa shape index (κ1) is 24.8. The van der Waals surface area contributed by atoms with Gasteiger partial charge in [0.25, 0.3) is 0 Å². The fourth-order valence-corrected chi connectivity index (χ4v) is 4.12. The number of nitrogens with zero attached hydrogens (tertiary/aromatic N) is 1. The molecule has 4 nitrogen and oxygen atoms in total. The highest BCUT2D eigenvalue weighted by atomic mass is 79.9. The van der Waals surface area contributed by atoms with E-state index in [1.54, 1.807) is 11.8 Å². The molecule has 162 valence electrons. The minimum atomic E-state index is -0.549. The maximum absolute atomic E-state index is 13.0. The van der Waals surface area contributed by atoms with E-state index in [0.717, 1.165) is 15.6 Å². The number of carbonyl (C=O) groups is 2. The van der Waals surface area contributed by atoms with Gasteiger partial charge in [-0.1, -0.05) is 65.6 Å². The molecule has 0 radical (unpaired) electrons. The average Bonchev–Trinajstić information content (AvgIpc) is 2.71. The molecule has 0 aromatic heterocycles. The number of nitrogens with one attached hydrogen (secondary N) is 1. The van der Waals surface area contributed by atoms with Crippen molar-refractivity contribution in [2.75, 3.05) is 12.3 Å². The SMILES string of the molecule is CC(C)CNC(=O)[C@@H](C)N(Cc1ccc(Br)cc1)C(=O)CSCc1cccc(Cl)c1. The van der Waals surface area contributed by atoms with E-state index in [9.17, 15) is 9.59 Å². The van der Waals surface area contributed by atoms with Gasteiger partial charge in [0.1, 0.15) is 6.04 Å². The van der Waals surface area contributed by atoms with Gasteiger partial charge in [-0.25, -0.2) is 0 Å².